The molecule has 1 rings (SSSR count). The van der Waals surface area contributed by atoms with Gasteiger partial charge in [-0.3, -0.25) is 0 Å². The third-order valence-electron chi connectivity index (χ3n) is 1.28. The maximum atomic E-state index is 11.8. The lowest BCUT2D eigenvalue weighted by Crippen LogP contribution is -2.19. The molecule has 15 heavy (non-hydrogen) atoms. The average molecular weight is 218 g/mol. The van der Waals surface area contributed by atoms with Crippen LogP contribution in [0.25, 0.3) is 0 Å². The molecular formula is C8H5F3N2O2. The summed E-state index contributed by atoms with van der Waals surface area (Å²) in [5.74, 6) is -0.246. The summed E-state index contributed by atoms with van der Waals surface area (Å²) in [6, 6.07) is 2.45. The molecule has 4 nitrogen and oxygen atoms in total. The zero-order chi connectivity index (χ0) is 11.3. The van der Waals surface area contributed by atoms with Gasteiger partial charge in [-0.25, -0.2) is 9.78 Å². The highest BCUT2D eigenvalue weighted by atomic mass is 19.4. The Morgan fingerprint density at radius 1 is 1.53 bits per heavy atom. The number of nitrogens with zero attached hydrogens (tertiary/aromatic N) is 2. The van der Waals surface area contributed by atoms with Crippen molar-refractivity contribution in [2.24, 2.45) is 4.99 Å². The Bertz CT molecular complexity index is 386. The van der Waals surface area contributed by atoms with Crippen LogP contribution in [0.3, 0.4) is 0 Å². The number of alkyl halides is 3. The largest absolute Gasteiger partial charge is 0.468 e. The van der Waals surface area contributed by atoms with Gasteiger partial charge in [-0.05, 0) is 6.07 Å². The zero-order valence-corrected chi connectivity index (χ0v) is 7.28. The van der Waals surface area contributed by atoms with Crippen molar-refractivity contribution in [3.05, 3.63) is 18.3 Å². The van der Waals surface area contributed by atoms with E-state index in [4.69, 9.17) is 0 Å². The molecule has 0 fully saturated rings. The molecule has 0 radical (unpaired) electrons. The Balaban J connectivity index is 2.70. The SMILES string of the molecule is O=C=Nc1ccnc(OCC(F)(F)F)c1. The molecule has 7 heteroatoms. The molecule has 0 N–H and O–H groups in total. The first-order valence-electron chi connectivity index (χ1n) is 3.75. The van der Waals surface area contributed by atoms with Crippen molar-refractivity contribution in [1.29, 1.82) is 0 Å². The number of hydrogen-bond acceptors (Lipinski definition) is 4. The first-order valence-corrected chi connectivity index (χ1v) is 3.75. The highest BCUT2D eigenvalue weighted by Crippen LogP contribution is 2.20. The fourth-order valence-corrected chi connectivity index (χ4v) is 0.756. The Hall–Kier alpha value is -1.88. The first-order chi connectivity index (χ1) is 7.01. The van der Waals surface area contributed by atoms with Crippen molar-refractivity contribution in [2.75, 3.05) is 6.61 Å². The second-order valence-electron chi connectivity index (χ2n) is 2.46. The monoisotopic (exact) mass is 218 g/mol. The summed E-state index contributed by atoms with van der Waals surface area (Å²) < 4.78 is 39.6. The van der Waals surface area contributed by atoms with Crippen molar-refractivity contribution in [2.45, 2.75) is 6.18 Å². The third kappa shape index (κ3) is 4.24. The lowest BCUT2D eigenvalue weighted by Gasteiger charge is -2.07. The summed E-state index contributed by atoms with van der Waals surface area (Å²) in [4.78, 5) is 16.6. The van der Waals surface area contributed by atoms with Crippen LogP contribution in [0.15, 0.2) is 23.3 Å². The lowest BCUT2D eigenvalue weighted by atomic mass is 10.4. The summed E-state index contributed by atoms with van der Waals surface area (Å²) in [7, 11) is 0. The molecule has 0 aliphatic rings. The summed E-state index contributed by atoms with van der Waals surface area (Å²) in [5, 5.41) is 0. The minimum Gasteiger partial charge on any atom is -0.468 e. The molecule has 1 heterocycles. The maximum Gasteiger partial charge on any atom is 0.422 e. The summed E-state index contributed by atoms with van der Waals surface area (Å²) in [6.45, 7) is -1.44. The van der Waals surface area contributed by atoms with Crippen LogP contribution >= 0.6 is 0 Å². The standard InChI is InChI=1S/C8H5F3N2O2/c9-8(10,11)4-15-7-3-6(13-5-14)1-2-12-7/h1-3H,4H2. The van der Waals surface area contributed by atoms with Crippen LogP contribution in [-0.2, 0) is 4.79 Å². The van der Waals surface area contributed by atoms with Crippen molar-refractivity contribution in [3.63, 3.8) is 0 Å². The number of pyridine rings is 1. The van der Waals surface area contributed by atoms with E-state index in [1.165, 1.54) is 18.3 Å². The van der Waals surface area contributed by atoms with Crippen molar-refractivity contribution in [3.8, 4) is 5.88 Å². The second-order valence-corrected chi connectivity index (χ2v) is 2.46. The molecule has 0 spiro atoms. The minimum atomic E-state index is -4.42. The predicted octanol–water partition coefficient (Wildman–Crippen LogP) is 1.99. The van der Waals surface area contributed by atoms with Gasteiger partial charge in [-0.2, -0.15) is 18.2 Å². The van der Waals surface area contributed by atoms with Crippen LogP contribution in [0.5, 0.6) is 5.88 Å². The van der Waals surface area contributed by atoms with Crippen molar-refractivity contribution in [1.82, 2.24) is 4.98 Å². The quantitative estimate of drug-likeness (QED) is 0.575. The van der Waals surface area contributed by atoms with Gasteiger partial charge < -0.3 is 4.74 Å². The number of hydrogen-bond donors (Lipinski definition) is 0. The molecule has 0 atom stereocenters. The Labute approximate surface area is 82.4 Å². The van der Waals surface area contributed by atoms with Gasteiger partial charge in [-0.15, -0.1) is 0 Å². The number of aliphatic imine (C=N–C) groups is 1. The van der Waals surface area contributed by atoms with Crippen LogP contribution in [-0.4, -0.2) is 23.8 Å². The normalized spacial score (nSPS) is 10.6. The Morgan fingerprint density at radius 3 is 2.87 bits per heavy atom. The van der Waals surface area contributed by atoms with E-state index in [1.54, 1.807) is 0 Å². The number of ether oxygens (including phenoxy) is 1. The molecule has 0 aliphatic heterocycles. The summed E-state index contributed by atoms with van der Waals surface area (Å²) in [5.41, 5.74) is 0.136. The van der Waals surface area contributed by atoms with E-state index < -0.39 is 12.8 Å². The number of halogens is 3. The molecule has 1 aromatic heterocycles. The molecule has 0 unspecified atom stereocenters. The van der Waals surface area contributed by atoms with Gasteiger partial charge in [0.2, 0.25) is 12.0 Å². The van der Waals surface area contributed by atoms with E-state index >= 15 is 0 Å². The Morgan fingerprint density at radius 2 is 2.27 bits per heavy atom. The Kier molecular flexibility index (Phi) is 3.41. The van der Waals surface area contributed by atoms with Gasteiger partial charge in [0.05, 0.1) is 5.69 Å². The zero-order valence-electron chi connectivity index (χ0n) is 7.28. The smallest absolute Gasteiger partial charge is 0.422 e. The van der Waals surface area contributed by atoms with E-state index in [2.05, 4.69) is 14.7 Å². The number of rotatable bonds is 3. The first kappa shape index (κ1) is 11.2. The van der Waals surface area contributed by atoms with Crippen LogP contribution < -0.4 is 4.74 Å². The second kappa shape index (κ2) is 4.56. The van der Waals surface area contributed by atoms with E-state index in [-0.39, 0.29) is 11.6 Å². The van der Waals surface area contributed by atoms with E-state index in [0.717, 1.165) is 6.07 Å². The minimum absolute atomic E-state index is 0.136. The number of aromatic nitrogens is 1. The molecule has 0 amide bonds. The van der Waals surface area contributed by atoms with Crippen molar-refractivity contribution < 1.29 is 22.7 Å². The van der Waals surface area contributed by atoms with Crippen LogP contribution in [0.2, 0.25) is 0 Å². The maximum absolute atomic E-state index is 11.8. The van der Waals surface area contributed by atoms with Crippen LogP contribution in [0.4, 0.5) is 18.9 Å². The average Bonchev–Trinajstić information content (AvgIpc) is 2.15. The van der Waals surface area contributed by atoms with Gasteiger partial charge in [-0.1, -0.05) is 0 Å². The van der Waals surface area contributed by atoms with Crippen molar-refractivity contribution >= 4 is 11.8 Å². The predicted molar refractivity (Wildman–Crippen MR) is 43.6 cm³/mol. The molecule has 0 saturated heterocycles. The van der Waals surface area contributed by atoms with E-state index in [1.807, 2.05) is 0 Å². The molecule has 1 aromatic rings. The van der Waals surface area contributed by atoms with Gasteiger partial charge in [0.25, 0.3) is 0 Å². The topological polar surface area (TPSA) is 51.5 Å². The van der Waals surface area contributed by atoms with Gasteiger partial charge in [0.1, 0.15) is 0 Å². The van der Waals surface area contributed by atoms with Gasteiger partial charge in [0, 0.05) is 12.3 Å². The highest BCUT2D eigenvalue weighted by molar-refractivity contribution is 5.49. The van der Waals surface area contributed by atoms with E-state index in [0.29, 0.717) is 0 Å². The molecule has 80 valence electrons. The lowest BCUT2D eigenvalue weighted by molar-refractivity contribution is -0.154. The fourth-order valence-electron chi connectivity index (χ4n) is 0.756. The molecule has 0 saturated carbocycles. The van der Waals surface area contributed by atoms with Crippen LogP contribution in [0.1, 0.15) is 0 Å². The van der Waals surface area contributed by atoms with Gasteiger partial charge >= 0.3 is 6.18 Å². The highest BCUT2D eigenvalue weighted by Gasteiger charge is 2.28. The van der Waals surface area contributed by atoms with E-state index in [9.17, 15) is 18.0 Å². The molecule has 0 aromatic carbocycles. The van der Waals surface area contributed by atoms with Crippen LogP contribution in [0, 0.1) is 0 Å². The fraction of sp³-hybridized carbons (Fsp3) is 0.250. The summed E-state index contributed by atoms with van der Waals surface area (Å²) >= 11 is 0. The molecule has 0 aliphatic carbocycles. The summed E-state index contributed by atoms with van der Waals surface area (Å²) in [6.07, 6.45) is -1.99. The number of isocyanates is 1. The third-order valence-corrected chi connectivity index (χ3v) is 1.28. The number of carbonyl (C=O) groups excluding carboxylic acids is 1. The van der Waals surface area contributed by atoms with Gasteiger partial charge in [0.15, 0.2) is 6.61 Å². The molecule has 0 bridgehead atoms. The molecular weight excluding hydrogens is 213 g/mol.